The molecule has 0 aliphatic heterocycles. The molecule has 0 aromatic heterocycles. The normalized spacial score (nSPS) is 14.9. The lowest BCUT2D eigenvalue weighted by Gasteiger charge is -2.14. The van der Waals surface area contributed by atoms with Crippen molar-refractivity contribution >= 4 is 0 Å². The van der Waals surface area contributed by atoms with Crippen LogP contribution in [0.2, 0.25) is 0 Å². The number of rotatable bonds is 6. The SMILES string of the molecule is CC(N)CCC(C)NCc1ccccc1. The predicted octanol–water partition coefficient (Wildman–Crippen LogP) is 2.29. The van der Waals surface area contributed by atoms with Gasteiger partial charge in [0.05, 0.1) is 0 Å². The largest absolute Gasteiger partial charge is 0.328 e. The van der Waals surface area contributed by atoms with E-state index in [4.69, 9.17) is 5.73 Å². The number of nitrogens with two attached hydrogens (primary N) is 1. The summed E-state index contributed by atoms with van der Waals surface area (Å²) < 4.78 is 0. The average Bonchev–Trinajstić information content (AvgIpc) is 2.25. The van der Waals surface area contributed by atoms with Crippen molar-refractivity contribution in [2.75, 3.05) is 0 Å². The molecule has 1 aromatic carbocycles. The highest BCUT2D eigenvalue weighted by Crippen LogP contribution is 2.02. The van der Waals surface area contributed by atoms with E-state index in [1.807, 2.05) is 6.07 Å². The molecule has 0 aliphatic carbocycles. The van der Waals surface area contributed by atoms with Crippen molar-refractivity contribution in [1.82, 2.24) is 5.32 Å². The zero-order valence-corrected chi connectivity index (χ0v) is 9.74. The average molecular weight is 206 g/mol. The Balaban J connectivity index is 2.19. The van der Waals surface area contributed by atoms with E-state index >= 15 is 0 Å². The molecule has 1 aromatic rings. The summed E-state index contributed by atoms with van der Waals surface area (Å²) in [6, 6.07) is 11.3. The molecule has 2 heteroatoms. The molecule has 15 heavy (non-hydrogen) atoms. The van der Waals surface area contributed by atoms with E-state index < -0.39 is 0 Å². The molecule has 3 N–H and O–H groups in total. The Kier molecular flexibility index (Phi) is 5.37. The zero-order chi connectivity index (χ0) is 11.1. The smallest absolute Gasteiger partial charge is 0.0207 e. The maximum Gasteiger partial charge on any atom is 0.0207 e. The molecular weight excluding hydrogens is 184 g/mol. The lowest BCUT2D eigenvalue weighted by molar-refractivity contribution is 0.476. The van der Waals surface area contributed by atoms with Crippen molar-refractivity contribution in [2.45, 2.75) is 45.3 Å². The molecule has 0 amide bonds. The van der Waals surface area contributed by atoms with Gasteiger partial charge in [-0.3, -0.25) is 0 Å². The fourth-order valence-corrected chi connectivity index (χ4v) is 1.50. The van der Waals surface area contributed by atoms with Gasteiger partial charge in [0.2, 0.25) is 0 Å². The highest BCUT2D eigenvalue weighted by atomic mass is 14.9. The van der Waals surface area contributed by atoms with Gasteiger partial charge >= 0.3 is 0 Å². The number of nitrogens with one attached hydrogen (secondary N) is 1. The van der Waals surface area contributed by atoms with Crippen LogP contribution in [0.4, 0.5) is 0 Å². The van der Waals surface area contributed by atoms with E-state index in [2.05, 4.69) is 43.4 Å². The number of hydrogen-bond acceptors (Lipinski definition) is 2. The van der Waals surface area contributed by atoms with Crippen LogP contribution >= 0.6 is 0 Å². The monoisotopic (exact) mass is 206 g/mol. The predicted molar refractivity (Wildman–Crippen MR) is 65.6 cm³/mol. The summed E-state index contributed by atoms with van der Waals surface area (Å²) in [6.07, 6.45) is 2.23. The molecule has 0 bridgehead atoms. The van der Waals surface area contributed by atoms with Crippen LogP contribution in [0.15, 0.2) is 30.3 Å². The van der Waals surface area contributed by atoms with Gasteiger partial charge in [-0.1, -0.05) is 30.3 Å². The molecule has 0 saturated heterocycles. The standard InChI is InChI=1S/C13H22N2/c1-11(14)8-9-12(2)15-10-13-6-4-3-5-7-13/h3-7,11-12,15H,8-10,14H2,1-2H3. The van der Waals surface area contributed by atoms with Gasteiger partial charge in [0, 0.05) is 18.6 Å². The Morgan fingerprint density at radius 3 is 2.40 bits per heavy atom. The minimum absolute atomic E-state index is 0.311. The second kappa shape index (κ2) is 6.59. The highest BCUT2D eigenvalue weighted by molar-refractivity contribution is 5.14. The van der Waals surface area contributed by atoms with Crippen LogP contribution in [0, 0.1) is 0 Å². The van der Waals surface area contributed by atoms with Crippen molar-refractivity contribution in [3.63, 3.8) is 0 Å². The van der Waals surface area contributed by atoms with Gasteiger partial charge in [0.25, 0.3) is 0 Å². The Morgan fingerprint density at radius 2 is 1.80 bits per heavy atom. The van der Waals surface area contributed by atoms with Crippen molar-refractivity contribution < 1.29 is 0 Å². The molecule has 2 atom stereocenters. The van der Waals surface area contributed by atoms with Crippen LogP contribution in [0.1, 0.15) is 32.3 Å². The summed E-state index contributed by atoms with van der Waals surface area (Å²) in [4.78, 5) is 0. The van der Waals surface area contributed by atoms with Crippen molar-refractivity contribution in [3.05, 3.63) is 35.9 Å². The molecule has 84 valence electrons. The Bertz CT molecular complexity index is 256. The fourth-order valence-electron chi connectivity index (χ4n) is 1.50. The number of benzene rings is 1. The van der Waals surface area contributed by atoms with Gasteiger partial charge in [0.15, 0.2) is 0 Å². The van der Waals surface area contributed by atoms with E-state index in [0.29, 0.717) is 12.1 Å². The van der Waals surface area contributed by atoms with E-state index in [0.717, 1.165) is 19.4 Å². The summed E-state index contributed by atoms with van der Waals surface area (Å²) in [7, 11) is 0. The summed E-state index contributed by atoms with van der Waals surface area (Å²) in [5, 5.41) is 3.50. The van der Waals surface area contributed by atoms with Gasteiger partial charge in [0.1, 0.15) is 0 Å². The first-order valence-corrected chi connectivity index (χ1v) is 5.71. The van der Waals surface area contributed by atoms with Crippen LogP contribution in [-0.4, -0.2) is 12.1 Å². The minimum atomic E-state index is 0.311. The third-order valence-corrected chi connectivity index (χ3v) is 2.55. The third kappa shape index (κ3) is 5.55. The second-order valence-electron chi connectivity index (χ2n) is 4.32. The van der Waals surface area contributed by atoms with Gasteiger partial charge in [-0.05, 0) is 32.3 Å². The van der Waals surface area contributed by atoms with Crippen LogP contribution in [-0.2, 0) is 6.54 Å². The van der Waals surface area contributed by atoms with Crippen molar-refractivity contribution in [2.24, 2.45) is 5.73 Å². The first-order chi connectivity index (χ1) is 7.18. The topological polar surface area (TPSA) is 38.0 Å². The summed E-state index contributed by atoms with van der Waals surface area (Å²) in [5.74, 6) is 0. The van der Waals surface area contributed by atoms with E-state index in [1.165, 1.54) is 5.56 Å². The second-order valence-corrected chi connectivity index (χ2v) is 4.32. The van der Waals surface area contributed by atoms with Crippen LogP contribution in [0.25, 0.3) is 0 Å². The van der Waals surface area contributed by atoms with Crippen molar-refractivity contribution in [1.29, 1.82) is 0 Å². The molecule has 0 spiro atoms. The lowest BCUT2D eigenvalue weighted by atomic mass is 10.1. The van der Waals surface area contributed by atoms with Gasteiger partial charge in [-0.25, -0.2) is 0 Å². The maximum atomic E-state index is 5.72. The third-order valence-electron chi connectivity index (χ3n) is 2.55. The van der Waals surface area contributed by atoms with E-state index in [9.17, 15) is 0 Å². The molecule has 0 aliphatic rings. The minimum Gasteiger partial charge on any atom is -0.328 e. The Labute approximate surface area is 92.9 Å². The molecule has 1 rings (SSSR count). The van der Waals surface area contributed by atoms with E-state index in [1.54, 1.807) is 0 Å². The molecule has 2 nitrogen and oxygen atoms in total. The number of hydrogen-bond donors (Lipinski definition) is 2. The molecule has 0 saturated carbocycles. The Hall–Kier alpha value is -0.860. The van der Waals surface area contributed by atoms with Crippen molar-refractivity contribution in [3.8, 4) is 0 Å². The van der Waals surface area contributed by atoms with Crippen LogP contribution in [0.5, 0.6) is 0 Å². The maximum absolute atomic E-state index is 5.72. The fraction of sp³-hybridized carbons (Fsp3) is 0.538. The van der Waals surface area contributed by atoms with Crippen LogP contribution in [0.3, 0.4) is 0 Å². The Morgan fingerprint density at radius 1 is 1.13 bits per heavy atom. The first kappa shape index (κ1) is 12.2. The molecule has 2 unspecified atom stereocenters. The summed E-state index contributed by atoms with van der Waals surface area (Å²) >= 11 is 0. The van der Waals surface area contributed by atoms with Crippen LogP contribution < -0.4 is 11.1 Å². The molecule has 0 heterocycles. The quantitative estimate of drug-likeness (QED) is 0.749. The van der Waals surface area contributed by atoms with Gasteiger partial charge < -0.3 is 11.1 Å². The highest BCUT2D eigenvalue weighted by Gasteiger charge is 2.02. The summed E-state index contributed by atoms with van der Waals surface area (Å²) in [6.45, 7) is 5.22. The molecule has 0 radical (unpaired) electrons. The van der Waals surface area contributed by atoms with E-state index in [-0.39, 0.29) is 0 Å². The lowest BCUT2D eigenvalue weighted by Crippen LogP contribution is -2.27. The zero-order valence-electron chi connectivity index (χ0n) is 9.74. The summed E-state index contributed by atoms with van der Waals surface area (Å²) in [5.41, 5.74) is 7.06. The first-order valence-electron chi connectivity index (χ1n) is 5.71. The van der Waals surface area contributed by atoms with Gasteiger partial charge in [-0.15, -0.1) is 0 Å². The van der Waals surface area contributed by atoms with Gasteiger partial charge in [-0.2, -0.15) is 0 Å². The molecular formula is C13H22N2. The molecule has 0 fully saturated rings.